The van der Waals surface area contributed by atoms with E-state index in [1.807, 2.05) is 43.3 Å². The van der Waals surface area contributed by atoms with E-state index in [-0.39, 0.29) is 16.9 Å². The van der Waals surface area contributed by atoms with Crippen molar-refractivity contribution in [3.8, 4) is 11.5 Å². The van der Waals surface area contributed by atoms with Crippen LogP contribution in [0.25, 0.3) is 53.9 Å². The predicted molar refractivity (Wildman–Crippen MR) is 111 cm³/mol. The minimum Gasteiger partial charge on any atom is -0.507 e. The van der Waals surface area contributed by atoms with E-state index in [2.05, 4.69) is 0 Å². The standard InChI is InChI=1S/C24H14O3/c1-11-2-4-15-18(8-11)24(27)19-10-17-16-9-12(25)3-5-13(16)14-6-7-20(26)23(21(14)17)22(15)19/h2-10,26-27H,1H3. The molecular weight excluding hydrogens is 336 g/mol. The van der Waals surface area contributed by atoms with E-state index in [1.54, 1.807) is 18.2 Å². The van der Waals surface area contributed by atoms with Crippen LogP contribution in [-0.4, -0.2) is 10.2 Å². The molecule has 0 saturated heterocycles. The number of hydrogen-bond donors (Lipinski definition) is 2. The second kappa shape index (κ2) is 4.57. The average Bonchev–Trinajstić information content (AvgIpc) is 3.11. The van der Waals surface area contributed by atoms with Crippen molar-refractivity contribution in [2.45, 2.75) is 6.92 Å². The summed E-state index contributed by atoms with van der Waals surface area (Å²) in [5, 5.41) is 30.4. The first-order valence-electron chi connectivity index (χ1n) is 8.87. The fourth-order valence-electron chi connectivity index (χ4n) is 4.65. The molecule has 6 aromatic rings. The topological polar surface area (TPSA) is 57.5 Å². The van der Waals surface area contributed by atoms with Crippen LogP contribution in [-0.2, 0) is 0 Å². The Hall–Kier alpha value is -3.59. The van der Waals surface area contributed by atoms with Gasteiger partial charge in [-0.1, -0.05) is 23.8 Å². The first-order chi connectivity index (χ1) is 13.0. The maximum absolute atomic E-state index is 12.0. The largest absolute Gasteiger partial charge is 0.507 e. The van der Waals surface area contributed by atoms with E-state index in [0.717, 1.165) is 54.0 Å². The van der Waals surface area contributed by atoms with E-state index < -0.39 is 0 Å². The van der Waals surface area contributed by atoms with Crippen molar-refractivity contribution in [2.24, 2.45) is 0 Å². The Labute approximate surface area is 153 Å². The summed E-state index contributed by atoms with van der Waals surface area (Å²) in [6.07, 6.45) is 0. The highest BCUT2D eigenvalue weighted by atomic mass is 16.3. The van der Waals surface area contributed by atoms with E-state index in [0.29, 0.717) is 5.39 Å². The van der Waals surface area contributed by atoms with Crippen molar-refractivity contribution in [2.75, 3.05) is 0 Å². The number of fused-ring (bicyclic) bond motifs is 7. The minimum atomic E-state index is -0.0495. The van der Waals surface area contributed by atoms with Crippen LogP contribution < -0.4 is 5.43 Å². The third-order valence-corrected chi connectivity index (χ3v) is 5.79. The quantitative estimate of drug-likeness (QED) is 0.385. The van der Waals surface area contributed by atoms with Gasteiger partial charge in [-0.05, 0) is 70.3 Å². The molecule has 0 aromatic heterocycles. The second-order valence-corrected chi connectivity index (χ2v) is 7.33. The molecule has 0 radical (unpaired) electrons. The molecule has 0 heterocycles. The summed E-state index contributed by atoms with van der Waals surface area (Å²) in [6.45, 7) is 1.99. The first kappa shape index (κ1) is 14.6. The van der Waals surface area contributed by atoms with Gasteiger partial charge in [-0.15, -0.1) is 0 Å². The molecule has 0 aliphatic rings. The van der Waals surface area contributed by atoms with Gasteiger partial charge in [0, 0.05) is 26.9 Å². The summed E-state index contributed by atoms with van der Waals surface area (Å²) in [5.41, 5.74) is 1.02. The Morgan fingerprint density at radius 3 is 2.15 bits per heavy atom. The van der Waals surface area contributed by atoms with Gasteiger partial charge in [0.15, 0.2) is 5.43 Å². The van der Waals surface area contributed by atoms with Crippen LogP contribution in [0.15, 0.2) is 59.4 Å². The maximum Gasteiger partial charge on any atom is 0.179 e. The molecule has 3 heteroatoms. The molecule has 0 saturated carbocycles. The van der Waals surface area contributed by atoms with Gasteiger partial charge in [0.25, 0.3) is 0 Å². The lowest BCUT2D eigenvalue weighted by molar-refractivity contribution is 0.482. The highest BCUT2D eigenvalue weighted by molar-refractivity contribution is 6.40. The molecule has 27 heavy (non-hydrogen) atoms. The molecule has 2 N–H and O–H groups in total. The van der Waals surface area contributed by atoms with Crippen LogP contribution in [0.5, 0.6) is 11.5 Å². The number of aromatic hydroxyl groups is 2. The number of phenolic OH excluding ortho intramolecular Hbond substituents is 1. The minimum absolute atomic E-state index is 0.0495. The lowest BCUT2D eigenvalue weighted by Crippen LogP contribution is -1.92. The van der Waals surface area contributed by atoms with E-state index >= 15 is 0 Å². The lowest BCUT2D eigenvalue weighted by Gasteiger charge is -2.06. The molecular formula is C24H14O3. The number of aryl methyl sites for hydroxylation is 1. The second-order valence-electron chi connectivity index (χ2n) is 7.33. The predicted octanol–water partition coefficient (Wildman–Crippen LogP) is 5.41. The van der Waals surface area contributed by atoms with E-state index in [1.165, 1.54) is 0 Å². The summed E-state index contributed by atoms with van der Waals surface area (Å²) < 4.78 is 0. The highest BCUT2D eigenvalue weighted by Gasteiger charge is 2.21. The summed E-state index contributed by atoms with van der Waals surface area (Å²) in [5.74, 6) is 0.404. The molecule has 0 unspecified atom stereocenters. The summed E-state index contributed by atoms with van der Waals surface area (Å²) >= 11 is 0. The van der Waals surface area contributed by atoms with Gasteiger partial charge < -0.3 is 10.2 Å². The third-order valence-electron chi connectivity index (χ3n) is 5.79. The summed E-state index contributed by atoms with van der Waals surface area (Å²) in [4.78, 5) is 12.0. The fourth-order valence-corrected chi connectivity index (χ4v) is 4.65. The van der Waals surface area contributed by atoms with Crippen molar-refractivity contribution < 1.29 is 10.2 Å². The number of hydrogen-bond acceptors (Lipinski definition) is 3. The molecule has 0 aliphatic carbocycles. The van der Waals surface area contributed by atoms with Gasteiger partial charge in [-0.3, -0.25) is 4.79 Å². The average molecular weight is 350 g/mol. The zero-order chi connectivity index (χ0) is 18.4. The van der Waals surface area contributed by atoms with Gasteiger partial charge >= 0.3 is 0 Å². The van der Waals surface area contributed by atoms with E-state index in [4.69, 9.17) is 0 Å². The fraction of sp³-hybridized carbons (Fsp3) is 0.0417. The smallest absolute Gasteiger partial charge is 0.179 e. The maximum atomic E-state index is 12.0. The molecule has 0 spiro atoms. The van der Waals surface area contributed by atoms with Gasteiger partial charge in [0.05, 0.1) is 0 Å². The lowest BCUT2D eigenvalue weighted by atomic mass is 9.99. The van der Waals surface area contributed by atoms with Crippen molar-refractivity contribution in [3.63, 3.8) is 0 Å². The van der Waals surface area contributed by atoms with Crippen molar-refractivity contribution in [1.29, 1.82) is 0 Å². The first-order valence-corrected chi connectivity index (χ1v) is 8.87. The Morgan fingerprint density at radius 2 is 1.30 bits per heavy atom. The van der Waals surface area contributed by atoms with Gasteiger partial charge in [0.2, 0.25) is 0 Å². The number of rotatable bonds is 0. The van der Waals surface area contributed by atoms with Crippen molar-refractivity contribution >= 4 is 53.9 Å². The van der Waals surface area contributed by atoms with Gasteiger partial charge in [0.1, 0.15) is 11.5 Å². The molecule has 0 amide bonds. The normalized spacial score (nSPS) is 12.3. The summed E-state index contributed by atoms with van der Waals surface area (Å²) in [6, 6.07) is 16.6. The van der Waals surface area contributed by atoms with Crippen LogP contribution >= 0.6 is 0 Å². The number of benzene rings is 4. The molecule has 3 nitrogen and oxygen atoms in total. The van der Waals surface area contributed by atoms with Crippen LogP contribution in [0.4, 0.5) is 0 Å². The van der Waals surface area contributed by atoms with Gasteiger partial charge in [-0.25, -0.2) is 0 Å². The monoisotopic (exact) mass is 350 g/mol. The van der Waals surface area contributed by atoms with Crippen molar-refractivity contribution in [3.05, 3.63) is 70.4 Å². The Balaban J connectivity index is 2.04. The van der Waals surface area contributed by atoms with E-state index in [9.17, 15) is 15.0 Å². The Morgan fingerprint density at radius 1 is 0.593 bits per heavy atom. The molecule has 6 aromatic carbocycles. The SMILES string of the molecule is Cc1ccc2c(c1)c(O)c1cc3c4cc(=O)ccc4c4ccc(O)c(c12)c43. The Kier molecular flexibility index (Phi) is 2.47. The Bertz CT molecular complexity index is 1610. The zero-order valence-electron chi connectivity index (χ0n) is 14.5. The molecule has 6 rings (SSSR count). The number of phenols is 1. The van der Waals surface area contributed by atoms with Crippen molar-refractivity contribution in [1.82, 2.24) is 0 Å². The van der Waals surface area contributed by atoms with Crippen LogP contribution in [0.1, 0.15) is 5.56 Å². The van der Waals surface area contributed by atoms with Crippen LogP contribution in [0.3, 0.4) is 0 Å². The van der Waals surface area contributed by atoms with Crippen LogP contribution in [0, 0.1) is 6.92 Å². The highest BCUT2D eigenvalue weighted by Crippen LogP contribution is 2.50. The molecule has 128 valence electrons. The summed E-state index contributed by atoms with van der Waals surface area (Å²) in [7, 11) is 0. The molecule has 0 atom stereocenters. The van der Waals surface area contributed by atoms with Gasteiger partial charge in [-0.2, -0.15) is 0 Å². The molecule has 0 fully saturated rings. The zero-order valence-corrected chi connectivity index (χ0v) is 14.5. The third kappa shape index (κ3) is 1.64. The van der Waals surface area contributed by atoms with Crippen LogP contribution in [0.2, 0.25) is 0 Å². The molecule has 0 aliphatic heterocycles. The molecule has 0 bridgehead atoms.